The summed E-state index contributed by atoms with van der Waals surface area (Å²) >= 11 is 7.21. The first kappa shape index (κ1) is 18.5. The molecule has 7 heteroatoms. The first-order valence-electron chi connectivity index (χ1n) is 7.03. The molecule has 0 aromatic heterocycles. The van der Waals surface area contributed by atoms with E-state index in [1.165, 1.54) is 11.8 Å². The molecular formula is C14H25ClN2O3S. The standard InChI is InChI=1S/C14H25ClN2O3S/c1-6-9(2)10(16-12(18)20-13(3,4)5)11-17-14(19,7-15)8-21-11/h9,17,19H,6-8H2,1-5H3,(H,16,18)/b11-10+/t9-,14?/m0/s1. The van der Waals surface area contributed by atoms with E-state index in [-0.39, 0.29) is 11.8 Å². The van der Waals surface area contributed by atoms with Gasteiger partial charge in [0.1, 0.15) is 5.60 Å². The SMILES string of the molecule is CC[C@H](C)/C(NC(=O)OC(C)(C)C)=C1/NC(O)(CCl)CS1. The molecule has 1 heterocycles. The number of alkyl carbamates (subject to hydrolysis) is 1. The number of thioether (sulfide) groups is 1. The van der Waals surface area contributed by atoms with Crippen molar-refractivity contribution in [3.8, 4) is 0 Å². The highest BCUT2D eigenvalue weighted by molar-refractivity contribution is 8.03. The molecule has 3 N–H and O–H groups in total. The lowest BCUT2D eigenvalue weighted by Gasteiger charge is -2.24. The van der Waals surface area contributed by atoms with Crippen molar-refractivity contribution in [3.05, 3.63) is 10.7 Å². The van der Waals surface area contributed by atoms with E-state index in [1.807, 2.05) is 34.6 Å². The summed E-state index contributed by atoms with van der Waals surface area (Å²) in [5.41, 5.74) is -0.948. The van der Waals surface area contributed by atoms with Crippen molar-refractivity contribution in [3.63, 3.8) is 0 Å². The number of hydrogen-bond donors (Lipinski definition) is 3. The zero-order valence-corrected chi connectivity index (χ0v) is 14.8. The van der Waals surface area contributed by atoms with E-state index in [9.17, 15) is 9.90 Å². The maximum absolute atomic E-state index is 12.0. The van der Waals surface area contributed by atoms with Gasteiger partial charge in [-0.25, -0.2) is 4.79 Å². The Morgan fingerprint density at radius 3 is 2.67 bits per heavy atom. The molecule has 1 unspecified atom stereocenters. The van der Waals surface area contributed by atoms with Gasteiger partial charge in [0.05, 0.1) is 16.6 Å². The summed E-state index contributed by atoms with van der Waals surface area (Å²) < 4.78 is 5.29. The fourth-order valence-electron chi connectivity index (χ4n) is 1.71. The van der Waals surface area contributed by atoms with Crippen LogP contribution in [-0.2, 0) is 4.74 Å². The van der Waals surface area contributed by atoms with Crippen molar-refractivity contribution in [2.75, 3.05) is 11.6 Å². The van der Waals surface area contributed by atoms with Crippen molar-refractivity contribution in [2.45, 2.75) is 52.4 Å². The summed E-state index contributed by atoms with van der Waals surface area (Å²) in [6, 6.07) is 0. The van der Waals surface area contributed by atoms with Crippen LogP contribution >= 0.6 is 23.4 Å². The van der Waals surface area contributed by atoms with Crippen LogP contribution in [0.2, 0.25) is 0 Å². The van der Waals surface area contributed by atoms with Crippen LogP contribution in [0.4, 0.5) is 4.79 Å². The monoisotopic (exact) mass is 336 g/mol. The molecule has 1 aliphatic rings. The van der Waals surface area contributed by atoms with E-state index >= 15 is 0 Å². The molecule has 0 saturated carbocycles. The van der Waals surface area contributed by atoms with Crippen molar-refractivity contribution in [1.82, 2.24) is 10.6 Å². The number of carbonyl (C=O) groups is 1. The summed E-state index contributed by atoms with van der Waals surface area (Å²) in [4.78, 5) is 12.0. The van der Waals surface area contributed by atoms with Gasteiger partial charge in [-0.2, -0.15) is 0 Å². The minimum atomic E-state index is -1.13. The Hall–Kier alpha value is -0.590. The van der Waals surface area contributed by atoms with E-state index in [0.717, 1.165) is 17.1 Å². The summed E-state index contributed by atoms with van der Waals surface area (Å²) in [6.07, 6.45) is 0.366. The molecule has 1 fully saturated rings. The second-order valence-corrected chi connectivity index (χ2v) is 7.51. The maximum atomic E-state index is 12.0. The zero-order valence-electron chi connectivity index (χ0n) is 13.2. The van der Waals surface area contributed by atoms with E-state index in [2.05, 4.69) is 10.6 Å². The molecule has 1 saturated heterocycles. The van der Waals surface area contributed by atoms with Crippen molar-refractivity contribution < 1.29 is 14.6 Å². The summed E-state index contributed by atoms with van der Waals surface area (Å²) in [5, 5.41) is 16.7. The van der Waals surface area contributed by atoms with Gasteiger partial charge in [-0.1, -0.05) is 13.8 Å². The highest BCUT2D eigenvalue weighted by Crippen LogP contribution is 2.33. The van der Waals surface area contributed by atoms with Crippen LogP contribution in [0.1, 0.15) is 41.0 Å². The molecule has 0 bridgehead atoms. The average Bonchev–Trinajstić information content (AvgIpc) is 2.76. The third-order valence-electron chi connectivity index (χ3n) is 3.01. The molecule has 1 rings (SSSR count). The van der Waals surface area contributed by atoms with E-state index in [0.29, 0.717) is 5.75 Å². The molecular weight excluding hydrogens is 312 g/mol. The number of halogens is 1. The molecule has 0 aromatic carbocycles. The van der Waals surface area contributed by atoms with Gasteiger partial charge < -0.3 is 15.2 Å². The lowest BCUT2D eigenvalue weighted by molar-refractivity contribution is 0.0532. The highest BCUT2D eigenvalue weighted by Gasteiger charge is 2.36. The normalized spacial score (nSPS) is 26.0. The topological polar surface area (TPSA) is 70.6 Å². The Labute approximate surface area is 135 Å². The van der Waals surface area contributed by atoms with Gasteiger partial charge in [-0.15, -0.1) is 23.4 Å². The molecule has 1 aliphatic heterocycles. The third kappa shape index (κ3) is 5.60. The van der Waals surface area contributed by atoms with Crippen LogP contribution in [0.15, 0.2) is 10.7 Å². The van der Waals surface area contributed by atoms with Crippen LogP contribution in [0.3, 0.4) is 0 Å². The lowest BCUT2D eigenvalue weighted by Crippen LogP contribution is -2.44. The molecule has 1 amide bonds. The molecule has 0 radical (unpaired) electrons. The lowest BCUT2D eigenvalue weighted by atomic mass is 10.1. The Morgan fingerprint density at radius 2 is 2.24 bits per heavy atom. The predicted molar refractivity (Wildman–Crippen MR) is 87.1 cm³/mol. The third-order valence-corrected chi connectivity index (χ3v) is 4.68. The number of ether oxygens (including phenoxy) is 1. The summed E-state index contributed by atoms with van der Waals surface area (Å²) in [5.74, 6) is 0.663. The van der Waals surface area contributed by atoms with Gasteiger partial charge in [0.15, 0.2) is 5.72 Å². The number of rotatable bonds is 4. The fraction of sp³-hybridized carbons (Fsp3) is 0.786. The first-order chi connectivity index (χ1) is 9.60. The van der Waals surface area contributed by atoms with E-state index in [1.54, 1.807) is 0 Å². The summed E-state index contributed by atoms with van der Waals surface area (Å²) in [6.45, 7) is 9.50. The van der Waals surface area contributed by atoms with Gasteiger partial charge in [-0.05, 0) is 33.1 Å². The number of amides is 1. The Balaban J connectivity index is 2.90. The fourth-order valence-corrected chi connectivity index (χ4v) is 3.21. The molecule has 21 heavy (non-hydrogen) atoms. The molecule has 0 aromatic rings. The van der Waals surface area contributed by atoms with Gasteiger partial charge in [0.25, 0.3) is 0 Å². The predicted octanol–water partition coefficient (Wildman–Crippen LogP) is 2.99. The van der Waals surface area contributed by atoms with Crippen molar-refractivity contribution in [2.24, 2.45) is 5.92 Å². The average molecular weight is 337 g/mol. The molecule has 122 valence electrons. The van der Waals surface area contributed by atoms with Crippen LogP contribution in [0, 0.1) is 5.92 Å². The van der Waals surface area contributed by atoms with E-state index in [4.69, 9.17) is 16.3 Å². The smallest absolute Gasteiger partial charge is 0.411 e. The van der Waals surface area contributed by atoms with Crippen molar-refractivity contribution in [1.29, 1.82) is 0 Å². The van der Waals surface area contributed by atoms with Crippen molar-refractivity contribution >= 4 is 29.5 Å². The number of hydrogen-bond acceptors (Lipinski definition) is 5. The molecule has 0 spiro atoms. The summed E-state index contributed by atoms with van der Waals surface area (Å²) in [7, 11) is 0. The van der Waals surface area contributed by atoms with Crippen LogP contribution in [0.5, 0.6) is 0 Å². The number of allylic oxidation sites excluding steroid dienone is 1. The number of aliphatic hydroxyl groups is 1. The second kappa shape index (κ2) is 7.11. The number of nitrogens with one attached hydrogen (secondary N) is 2. The second-order valence-electron chi connectivity index (χ2n) is 6.26. The van der Waals surface area contributed by atoms with Crippen LogP contribution in [-0.4, -0.2) is 34.2 Å². The van der Waals surface area contributed by atoms with Crippen LogP contribution in [0.25, 0.3) is 0 Å². The van der Waals surface area contributed by atoms with Gasteiger partial charge in [0.2, 0.25) is 0 Å². The van der Waals surface area contributed by atoms with E-state index < -0.39 is 17.4 Å². The van der Waals surface area contributed by atoms with Gasteiger partial charge in [0, 0.05) is 5.75 Å². The molecule has 2 atom stereocenters. The Morgan fingerprint density at radius 1 is 1.62 bits per heavy atom. The largest absolute Gasteiger partial charge is 0.444 e. The molecule has 0 aliphatic carbocycles. The van der Waals surface area contributed by atoms with Gasteiger partial charge in [-0.3, -0.25) is 5.32 Å². The van der Waals surface area contributed by atoms with Crippen LogP contribution < -0.4 is 10.6 Å². The quantitative estimate of drug-likeness (QED) is 0.688. The minimum Gasteiger partial charge on any atom is -0.444 e. The highest BCUT2D eigenvalue weighted by atomic mass is 35.5. The number of carbonyl (C=O) groups excluding carboxylic acids is 1. The number of alkyl halides is 1. The minimum absolute atomic E-state index is 0.0870. The Kier molecular flexibility index (Phi) is 6.25. The Bertz CT molecular complexity index is 423. The maximum Gasteiger partial charge on any atom is 0.411 e. The zero-order chi connectivity index (χ0) is 16.3. The molecule has 5 nitrogen and oxygen atoms in total. The van der Waals surface area contributed by atoms with Gasteiger partial charge >= 0.3 is 6.09 Å². The first-order valence-corrected chi connectivity index (χ1v) is 8.55.